The van der Waals surface area contributed by atoms with E-state index in [-0.39, 0.29) is 0 Å². The Bertz CT molecular complexity index is 726. The van der Waals surface area contributed by atoms with E-state index < -0.39 is 12.0 Å². The van der Waals surface area contributed by atoms with Gasteiger partial charge in [0.15, 0.2) is 6.10 Å². The molecule has 0 saturated carbocycles. The molecule has 0 aromatic heterocycles. The van der Waals surface area contributed by atoms with E-state index in [0.29, 0.717) is 5.75 Å². The standard InChI is InChI=1S/C20H24N2O3/c1-15(20(21)23)25-19-9-5-4-8-18(19)17-7-3-2-6-16(17)14-22-10-12-24-13-11-22/h2-9,15H,10-14H2,1H3,(H2,21,23)/t15-/m1/s1. The number of carbonyl (C=O) groups excluding carboxylic acids is 1. The summed E-state index contributed by atoms with van der Waals surface area (Å²) >= 11 is 0. The zero-order valence-corrected chi connectivity index (χ0v) is 14.5. The largest absolute Gasteiger partial charge is 0.480 e. The molecule has 0 radical (unpaired) electrons. The van der Waals surface area contributed by atoms with Crippen LogP contribution in [0.3, 0.4) is 0 Å². The summed E-state index contributed by atoms with van der Waals surface area (Å²) in [6.07, 6.45) is -0.674. The number of para-hydroxylation sites is 1. The zero-order chi connectivity index (χ0) is 17.6. The van der Waals surface area contributed by atoms with Crippen LogP contribution in [0.25, 0.3) is 11.1 Å². The summed E-state index contributed by atoms with van der Waals surface area (Å²) in [5, 5.41) is 0. The lowest BCUT2D eigenvalue weighted by Gasteiger charge is -2.27. The molecule has 5 nitrogen and oxygen atoms in total. The number of benzene rings is 2. The summed E-state index contributed by atoms with van der Waals surface area (Å²) in [7, 11) is 0. The molecular weight excluding hydrogens is 316 g/mol. The van der Waals surface area contributed by atoms with Crippen LogP contribution in [0.4, 0.5) is 0 Å². The van der Waals surface area contributed by atoms with Crippen molar-refractivity contribution >= 4 is 5.91 Å². The SMILES string of the molecule is C[C@@H](Oc1ccccc1-c1ccccc1CN1CCOCC1)C(N)=O. The quantitative estimate of drug-likeness (QED) is 0.877. The topological polar surface area (TPSA) is 64.8 Å². The van der Waals surface area contributed by atoms with E-state index in [1.54, 1.807) is 6.92 Å². The molecule has 1 atom stereocenters. The second-order valence-electron chi connectivity index (χ2n) is 6.20. The second-order valence-corrected chi connectivity index (χ2v) is 6.20. The minimum Gasteiger partial charge on any atom is -0.480 e. The maximum absolute atomic E-state index is 11.4. The number of amides is 1. The number of hydrogen-bond donors (Lipinski definition) is 1. The predicted octanol–water partition coefficient (Wildman–Crippen LogP) is 2.44. The van der Waals surface area contributed by atoms with E-state index in [1.807, 2.05) is 30.3 Å². The van der Waals surface area contributed by atoms with Crippen molar-refractivity contribution in [2.45, 2.75) is 19.6 Å². The van der Waals surface area contributed by atoms with Crippen molar-refractivity contribution in [2.75, 3.05) is 26.3 Å². The summed E-state index contributed by atoms with van der Waals surface area (Å²) in [5.74, 6) is 0.194. The van der Waals surface area contributed by atoms with Gasteiger partial charge in [-0.25, -0.2) is 0 Å². The Kier molecular flexibility index (Phi) is 5.68. The molecule has 0 bridgehead atoms. The van der Waals surface area contributed by atoms with E-state index in [2.05, 4.69) is 23.1 Å². The number of nitrogens with two attached hydrogens (primary N) is 1. The van der Waals surface area contributed by atoms with Crippen molar-refractivity contribution in [2.24, 2.45) is 5.73 Å². The molecule has 5 heteroatoms. The molecule has 25 heavy (non-hydrogen) atoms. The first-order valence-corrected chi connectivity index (χ1v) is 8.58. The van der Waals surface area contributed by atoms with Gasteiger partial charge in [-0.2, -0.15) is 0 Å². The van der Waals surface area contributed by atoms with Crippen molar-refractivity contribution in [1.82, 2.24) is 4.90 Å². The third kappa shape index (κ3) is 4.38. The fourth-order valence-corrected chi connectivity index (χ4v) is 2.96. The zero-order valence-electron chi connectivity index (χ0n) is 14.5. The Morgan fingerprint density at radius 2 is 1.76 bits per heavy atom. The molecule has 2 N–H and O–H groups in total. The van der Waals surface area contributed by atoms with Crippen LogP contribution in [-0.2, 0) is 16.1 Å². The lowest BCUT2D eigenvalue weighted by molar-refractivity contribution is -0.123. The summed E-state index contributed by atoms with van der Waals surface area (Å²) in [6.45, 7) is 5.95. The molecule has 2 aromatic rings. The highest BCUT2D eigenvalue weighted by Gasteiger charge is 2.17. The monoisotopic (exact) mass is 340 g/mol. The van der Waals surface area contributed by atoms with Crippen LogP contribution < -0.4 is 10.5 Å². The van der Waals surface area contributed by atoms with Crippen LogP contribution in [0.5, 0.6) is 5.75 Å². The number of ether oxygens (including phenoxy) is 2. The maximum Gasteiger partial charge on any atom is 0.258 e. The fourth-order valence-electron chi connectivity index (χ4n) is 2.96. The molecule has 3 rings (SSSR count). The van der Waals surface area contributed by atoms with Gasteiger partial charge in [0, 0.05) is 25.2 Å². The highest BCUT2D eigenvalue weighted by Crippen LogP contribution is 2.33. The lowest BCUT2D eigenvalue weighted by Crippen LogP contribution is -2.35. The van der Waals surface area contributed by atoms with Gasteiger partial charge in [0.1, 0.15) is 5.75 Å². The number of carbonyl (C=O) groups is 1. The van der Waals surface area contributed by atoms with Crippen LogP contribution in [0.2, 0.25) is 0 Å². The van der Waals surface area contributed by atoms with Crippen molar-refractivity contribution in [3.8, 4) is 16.9 Å². The van der Waals surface area contributed by atoms with Crippen molar-refractivity contribution in [1.29, 1.82) is 0 Å². The van der Waals surface area contributed by atoms with E-state index in [9.17, 15) is 4.79 Å². The third-order valence-electron chi connectivity index (χ3n) is 4.40. The molecule has 0 unspecified atom stereocenters. The molecule has 1 aliphatic rings. The van der Waals surface area contributed by atoms with Gasteiger partial charge in [0.25, 0.3) is 5.91 Å². The fraction of sp³-hybridized carbons (Fsp3) is 0.350. The van der Waals surface area contributed by atoms with Crippen molar-refractivity contribution in [3.05, 3.63) is 54.1 Å². The Labute approximate surface area is 148 Å². The Balaban J connectivity index is 1.90. The van der Waals surface area contributed by atoms with Crippen LogP contribution in [0.15, 0.2) is 48.5 Å². The van der Waals surface area contributed by atoms with Crippen LogP contribution in [0.1, 0.15) is 12.5 Å². The van der Waals surface area contributed by atoms with Crippen LogP contribution in [-0.4, -0.2) is 43.2 Å². The van der Waals surface area contributed by atoms with Crippen molar-refractivity contribution in [3.63, 3.8) is 0 Å². The first-order valence-electron chi connectivity index (χ1n) is 8.58. The lowest BCUT2D eigenvalue weighted by atomic mass is 9.98. The highest BCUT2D eigenvalue weighted by molar-refractivity contribution is 5.80. The van der Waals surface area contributed by atoms with Gasteiger partial charge in [0.2, 0.25) is 0 Å². The van der Waals surface area contributed by atoms with E-state index in [1.165, 1.54) is 5.56 Å². The predicted molar refractivity (Wildman–Crippen MR) is 97.3 cm³/mol. The number of hydrogen-bond acceptors (Lipinski definition) is 4. The number of morpholine rings is 1. The highest BCUT2D eigenvalue weighted by atomic mass is 16.5. The number of primary amides is 1. The Hall–Kier alpha value is -2.37. The molecule has 0 aliphatic carbocycles. The van der Waals surface area contributed by atoms with E-state index in [0.717, 1.165) is 44.0 Å². The van der Waals surface area contributed by atoms with Crippen molar-refractivity contribution < 1.29 is 14.3 Å². The Morgan fingerprint density at radius 3 is 2.48 bits per heavy atom. The molecule has 1 amide bonds. The van der Waals surface area contributed by atoms with Gasteiger partial charge in [-0.15, -0.1) is 0 Å². The molecule has 132 valence electrons. The average Bonchev–Trinajstić information content (AvgIpc) is 2.63. The summed E-state index contributed by atoms with van der Waals surface area (Å²) in [5.41, 5.74) is 8.66. The van der Waals surface area contributed by atoms with Gasteiger partial charge in [-0.05, 0) is 24.1 Å². The normalized spacial score (nSPS) is 16.4. The molecule has 1 heterocycles. The molecule has 1 saturated heterocycles. The first-order chi connectivity index (χ1) is 12.1. The first kappa shape index (κ1) is 17.5. The second kappa shape index (κ2) is 8.14. The van der Waals surface area contributed by atoms with Gasteiger partial charge >= 0.3 is 0 Å². The van der Waals surface area contributed by atoms with Gasteiger partial charge in [-0.1, -0.05) is 42.5 Å². The average molecular weight is 340 g/mol. The number of rotatable bonds is 6. The van der Waals surface area contributed by atoms with Gasteiger partial charge in [-0.3, -0.25) is 9.69 Å². The summed E-state index contributed by atoms with van der Waals surface area (Å²) in [6, 6.07) is 16.1. The van der Waals surface area contributed by atoms with Gasteiger partial charge in [0.05, 0.1) is 13.2 Å². The number of nitrogens with zero attached hydrogens (tertiary/aromatic N) is 1. The Morgan fingerprint density at radius 1 is 1.12 bits per heavy atom. The summed E-state index contributed by atoms with van der Waals surface area (Å²) < 4.78 is 11.2. The van der Waals surface area contributed by atoms with E-state index >= 15 is 0 Å². The van der Waals surface area contributed by atoms with Gasteiger partial charge < -0.3 is 15.2 Å². The minimum atomic E-state index is -0.674. The molecular formula is C20H24N2O3. The smallest absolute Gasteiger partial charge is 0.258 e. The third-order valence-corrected chi connectivity index (χ3v) is 4.40. The summed E-state index contributed by atoms with van der Waals surface area (Å²) in [4.78, 5) is 13.7. The molecule has 1 fully saturated rings. The van der Waals surface area contributed by atoms with Crippen LogP contribution >= 0.6 is 0 Å². The molecule has 2 aromatic carbocycles. The van der Waals surface area contributed by atoms with E-state index in [4.69, 9.17) is 15.2 Å². The minimum absolute atomic E-state index is 0.476. The maximum atomic E-state index is 11.4. The molecule has 0 spiro atoms. The van der Waals surface area contributed by atoms with Crippen LogP contribution in [0, 0.1) is 0 Å². The molecule has 1 aliphatic heterocycles.